The summed E-state index contributed by atoms with van der Waals surface area (Å²) in [6.45, 7) is 4.54. The first-order valence-corrected chi connectivity index (χ1v) is 8.75. The van der Waals surface area contributed by atoms with Crippen LogP contribution in [0, 0.1) is 5.92 Å². The highest BCUT2D eigenvalue weighted by molar-refractivity contribution is 5.77. The fourth-order valence-corrected chi connectivity index (χ4v) is 3.86. The predicted molar refractivity (Wildman–Crippen MR) is 90.5 cm³/mol. The summed E-state index contributed by atoms with van der Waals surface area (Å²) >= 11 is 0. The van der Waals surface area contributed by atoms with Gasteiger partial charge in [0.25, 0.3) is 0 Å². The van der Waals surface area contributed by atoms with Gasteiger partial charge in [-0.2, -0.15) is 0 Å². The number of aryl methyl sites for hydroxylation is 1. The van der Waals surface area contributed by atoms with Crippen LogP contribution in [-0.4, -0.2) is 76.0 Å². The lowest BCUT2D eigenvalue weighted by Crippen LogP contribution is -2.49. The van der Waals surface area contributed by atoms with Crippen molar-refractivity contribution in [2.75, 3.05) is 33.7 Å². The van der Waals surface area contributed by atoms with Gasteiger partial charge in [-0.25, -0.2) is 9.78 Å². The zero-order valence-electron chi connectivity index (χ0n) is 14.8. The number of rotatable bonds is 3. The van der Waals surface area contributed by atoms with Crippen molar-refractivity contribution in [3.8, 4) is 0 Å². The molecule has 3 fully saturated rings. The van der Waals surface area contributed by atoms with E-state index in [0.717, 1.165) is 38.2 Å². The van der Waals surface area contributed by atoms with E-state index < -0.39 is 0 Å². The molecule has 0 N–H and O–H groups in total. The van der Waals surface area contributed by atoms with E-state index in [2.05, 4.69) is 4.98 Å². The largest absolute Gasteiger partial charge is 0.336 e. The molecule has 4 heterocycles. The monoisotopic (exact) mass is 333 g/mol. The molecule has 24 heavy (non-hydrogen) atoms. The second kappa shape index (κ2) is 6.83. The number of carbonyl (C=O) groups is 2. The minimum atomic E-state index is 0.0454. The molecule has 0 aliphatic carbocycles. The van der Waals surface area contributed by atoms with E-state index in [9.17, 15) is 9.59 Å². The van der Waals surface area contributed by atoms with Gasteiger partial charge in [-0.3, -0.25) is 4.79 Å². The van der Waals surface area contributed by atoms with Crippen LogP contribution in [-0.2, 0) is 17.8 Å². The molecule has 0 aromatic carbocycles. The molecular formula is C17H27N5O2. The SMILES string of the molecule is CCc1nccn1CC(=O)N1C[C@@H]2CC[C@H]1CN(C(=O)N(C)C)C2. The van der Waals surface area contributed by atoms with Crippen molar-refractivity contribution in [2.45, 2.75) is 38.8 Å². The van der Waals surface area contributed by atoms with Crippen LogP contribution in [0.4, 0.5) is 4.79 Å². The number of piperidine rings is 1. The lowest BCUT2D eigenvalue weighted by molar-refractivity contribution is -0.136. The Bertz CT molecular complexity index is 612. The Kier molecular flexibility index (Phi) is 4.78. The summed E-state index contributed by atoms with van der Waals surface area (Å²) < 4.78 is 1.93. The van der Waals surface area contributed by atoms with Gasteiger partial charge in [-0.05, 0) is 18.8 Å². The molecule has 3 amide bonds. The van der Waals surface area contributed by atoms with Gasteiger partial charge in [0, 0.05) is 58.6 Å². The van der Waals surface area contributed by atoms with Crippen LogP contribution in [0.1, 0.15) is 25.6 Å². The van der Waals surface area contributed by atoms with E-state index in [-0.39, 0.29) is 18.0 Å². The van der Waals surface area contributed by atoms with Gasteiger partial charge in [-0.1, -0.05) is 6.92 Å². The van der Waals surface area contributed by atoms with Crippen molar-refractivity contribution in [2.24, 2.45) is 5.92 Å². The Morgan fingerprint density at radius 1 is 1.25 bits per heavy atom. The van der Waals surface area contributed by atoms with Crippen LogP contribution in [0.2, 0.25) is 0 Å². The lowest BCUT2D eigenvalue weighted by atomic mass is 9.95. The van der Waals surface area contributed by atoms with E-state index >= 15 is 0 Å². The smallest absolute Gasteiger partial charge is 0.319 e. The molecule has 2 atom stereocenters. The second-order valence-electron chi connectivity index (χ2n) is 7.05. The first-order chi connectivity index (χ1) is 11.5. The quantitative estimate of drug-likeness (QED) is 0.831. The lowest BCUT2D eigenvalue weighted by Gasteiger charge is -2.36. The molecule has 0 saturated carbocycles. The fourth-order valence-electron chi connectivity index (χ4n) is 3.86. The maximum Gasteiger partial charge on any atom is 0.319 e. The average molecular weight is 333 g/mol. The van der Waals surface area contributed by atoms with Crippen LogP contribution in [0.5, 0.6) is 0 Å². The number of urea groups is 1. The van der Waals surface area contributed by atoms with Crippen molar-refractivity contribution in [3.05, 3.63) is 18.2 Å². The van der Waals surface area contributed by atoms with Crippen LogP contribution in [0.15, 0.2) is 12.4 Å². The highest BCUT2D eigenvalue weighted by atomic mass is 16.2. The van der Waals surface area contributed by atoms with Gasteiger partial charge in [0.15, 0.2) is 0 Å². The Morgan fingerprint density at radius 3 is 2.75 bits per heavy atom. The minimum Gasteiger partial charge on any atom is -0.336 e. The van der Waals surface area contributed by atoms with E-state index in [0.29, 0.717) is 19.0 Å². The minimum absolute atomic E-state index is 0.0454. The molecule has 1 aromatic rings. The molecule has 1 aromatic heterocycles. The molecule has 2 bridgehead atoms. The van der Waals surface area contributed by atoms with Crippen molar-refractivity contribution >= 4 is 11.9 Å². The van der Waals surface area contributed by atoms with Crippen LogP contribution < -0.4 is 0 Å². The van der Waals surface area contributed by atoms with Crippen LogP contribution >= 0.6 is 0 Å². The summed E-state index contributed by atoms with van der Waals surface area (Å²) in [5, 5.41) is 0. The molecule has 3 saturated heterocycles. The molecule has 132 valence electrons. The third-order valence-electron chi connectivity index (χ3n) is 5.11. The van der Waals surface area contributed by atoms with Gasteiger partial charge in [0.1, 0.15) is 12.4 Å². The second-order valence-corrected chi connectivity index (χ2v) is 7.05. The highest BCUT2D eigenvalue weighted by Crippen LogP contribution is 2.28. The Balaban J connectivity index is 1.71. The van der Waals surface area contributed by atoms with Crippen molar-refractivity contribution in [1.82, 2.24) is 24.3 Å². The first kappa shape index (κ1) is 16.8. The fraction of sp³-hybridized carbons (Fsp3) is 0.706. The van der Waals surface area contributed by atoms with Gasteiger partial charge in [0.05, 0.1) is 0 Å². The number of amides is 3. The summed E-state index contributed by atoms with van der Waals surface area (Å²) in [6.07, 6.45) is 6.51. The summed E-state index contributed by atoms with van der Waals surface area (Å²) in [5.74, 6) is 1.45. The third-order valence-corrected chi connectivity index (χ3v) is 5.11. The number of fused-ring (bicyclic) bond motifs is 4. The van der Waals surface area contributed by atoms with Crippen molar-refractivity contribution in [1.29, 1.82) is 0 Å². The number of carbonyl (C=O) groups excluding carboxylic acids is 2. The van der Waals surface area contributed by atoms with Crippen LogP contribution in [0.3, 0.4) is 0 Å². The summed E-state index contributed by atoms with van der Waals surface area (Å²) in [4.78, 5) is 35.0. The zero-order chi connectivity index (χ0) is 17.3. The molecular weight excluding hydrogens is 306 g/mol. The zero-order valence-corrected chi connectivity index (χ0v) is 14.8. The Labute approximate surface area is 143 Å². The van der Waals surface area contributed by atoms with Crippen molar-refractivity contribution in [3.63, 3.8) is 0 Å². The normalized spacial score (nSPS) is 23.3. The number of imidazole rings is 1. The summed E-state index contributed by atoms with van der Waals surface area (Å²) in [5.41, 5.74) is 0. The molecule has 0 radical (unpaired) electrons. The standard InChI is InChI=1S/C17H27N5O2/c1-4-15-18-7-8-20(15)12-16(23)22-10-13-5-6-14(22)11-21(9-13)17(24)19(2)3/h7-8,13-14H,4-6,9-12H2,1-3H3/t13-,14+/m1/s1. The van der Waals surface area contributed by atoms with E-state index in [1.165, 1.54) is 0 Å². The first-order valence-electron chi connectivity index (χ1n) is 8.75. The molecule has 3 aliphatic rings. The summed E-state index contributed by atoms with van der Waals surface area (Å²) in [6, 6.07) is 0.179. The molecule has 3 aliphatic heterocycles. The van der Waals surface area contributed by atoms with Crippen molar-refractivity contribution < 1.29 is 9.59 Å². The van der Waals surface area contributed by atoms with Crippen LogP contribution in [0.25, 0.3) is 0 Å². The van der Waals surface area contributed by atoms with Gasteiger partial charge in [0.2, 0.25) is 5.91 Å². The average Bonchev–Trinajstić information content (AvgIpc) is 2.81. The number of hydrogen-bond donors (Lipinski definition) is 0. The number of nitrogens with zero attached hydrogens (tertiary/aromatic N) is 5. The van der Waals surface area contributed by atoms with Gasteiger partial charge < -0.3 is 19.3 Å². The maximum atomic E-state index is 12.9. The molecule has 0 unspecified atom stereocenters. The molecule has 0 spiro atoms. The molecule has 4 rings (SSSR count). The maximum absolute atomic E-state index is 12.9. The van der Waals surface area contributed by atoms with E-state index in [4.69, 9.17) is 0 Å². The highest BCUT2D eigenvalue weighted by Gasteiger charge is 2.38. The predicted octanol–water partition coefficient (Wildman–Crippen LogP) is 1.05. The van der Waals surface area contributed by atoms with Gasteiger partial charge >= 0.3 is 6.03 Å². The number of hydrogen-bond acceptors (Lipinski definition) is 3. The Hall–Kier alpha value is -2.05. The molecule has 7 heteroatoms. The third kappa shape index (κ3) is 3.25. The Morgan fingerprint density at radius 2 is 2.04 bits per heavy atom. The van der Waals surface area contributed by atoms with Gasteiger partial charge in [-0.15, -0.1) is 0 Å². The van der Waals surface area contributed by atoms with E-state index in [1.54, 1.807) is 25.2 Å². The molecule has 7 nitrogen and oxygen atoms in total. The number of aromatic nitrogens is 2. The topological polar surface area (TPSA) is 61.7 Å². The summed E-state index contributed by atoms with van der Waals surface area (Å²) in [7, 11) is 3.56. The van der Waals surface area contributed by atoms with E-state index in [1.807, 2.05) is 27.5 Å².